The van der Waals surface area contributed by atoms with Crippen LogP contribution < -0.4 is 10.5 Å². The average Bonchev–Trinajstić information content (AvgIpc) is 3.35. The molecule has 0 saturated carbocycles. The zero-order valence-corrected chi connectivity index (χ0v) is 25.5. The standard InChI is InChI=1S/C28H25Cl3F2N4O4S/c1-3-35-7-4-8-37(27(35)41)18-9-15-12-36(13-16(15)10-19(18)38)26(40)22-20(11-21(28(31,32)33)34-25(22)39)42-24-17(29)6-5-14(2)23(24)30/h5-6,9-11,38H,3-4,7-8,12-13H2,1-2H3,(H,34,39). The zero-order chi connectivity index (χ0) is 30.5. The van der Waals surface area contributed by atoms with E-state index in [-0.39, 0.29) is 50.3 Å². The number of hydrogen-bond donors (Lipinski definition) is 2. The number of nitrogens with one attached hydrogen (secondary N) is 1. The lowest BCUT2D eigenvalue weighted by molar-refractivity contribution is 0.0740. The minimum Gasteiger partial charge on any atom is -0.506 e. The number of carbonyl (C=O) groups is 2. The van der Waals surface area contributed by atoms with E-state index in [1.165, 1.54) is 15.9 Å². The van der Waals surface area contributed by atoms with Gasteiger partial charge in [-0.2, -0.15) is 8.78 Å². The van der Waals surface area contributed by atoms with E-state index in [0.29, 0.717) is 42.0 Å². The summed E-state index contributed by atoms with van der Waals surface area (Å²) in [6, 6.07) is 7.14. The van der Waals surface area contributed by atoms with Crippen LogP contribution in [0, 0.1) is 6.92 Å². The van der Waals surface area contributed by atoms with Crippen LogP contribution in [0.25, 0.3) is 0 Å². The second kappa shape index (κ2) is 11.6. The van der Waals surface area contributed by atoms with Gasteiger partial charge in [-0.05, 0) is 72.8 Å². The first kappa shape index (κ1) is 30.5. The highest BCUT2D eigenvalue weighted by Gasteiger charge is 2.35. The lowest BCUT2D eigenvalue weighted by Crippen LogP contribution is -2.49. The minimum absolute atomic E-state index is 0.0416. The number of nitrogens with zero attached hydrogens (tertiary/aromatic N) is 3. The lowest BCUT2D eigenvalue weighted by atomic mass is 10.1. The van der Waals surface area contributed by atoms with Crippen LogP contribution >= 0.6 is 46.6 Å². The van der Waals surface area contributed by atoms with Crippen molar-refractivity contribution in [2.75, 3.05) is 24.5 Å². The zero-order valence-electron chi connectivity index (χ0n) is 22.4. The third-order valence-electron chi connectivity index (χ3n) is 7.26. The SMILES string of the molecule is CCN1CCCN(c2cc3c(cc2O)CN(C(=O)c2c(Sc4c(Cl)ccc(C)c4Cl)cc(C(F)(F)Cl)[nH]c2=O)C3)C1=O. The predicted molar refractivity (Wildman–Crippen MR) is 158 cm³/mol. The van der Waals surface area contributed by atoms with Gasteiger partial charge in [0.05, 0.1) is 15.7 Å². The molecule has 2 aliphatic heterocycles. The van der Waals surface area contributed by atoms with E-state index in [1.807, 2.05) is 11.9 Å². The number of anilines is 1. The molecule has 2 aliphatic rings. The fourth-order valence-corrected chi connectivity index (χ4v) is 6.85. The number of carbonyl (C=O) groups excluding carboxylic acids is 2. The number of benzene rings is 2. The molecular formula is C28H25Cl3F2N4O4S. The molecule has 0 unspecified atom stereocenters. The van der Waals surface area contributed by atoms with Crippen molar-refractivity contribution in [3.8, 4) is 5.75 Å². The number of hydrogen-bond acceptors (Lipinski definition) is 5. The Labute approximate surface area is 259 Å². The summed E-state index contributed by atoms with van der Waals surface area (Å²) in [6.07, 6.45) is 0.732. The van der Waals surface area contributed by atoms with Gasteiger partial charge in [-0.15, -0.1) is 0 Å². The summed E-state index contributed by atoms with van der Waals surface area (Å²) in [5.74, 6) is -0.840. The van der Waals surface area contributed by atoms with Crippen molar-refractivity contribution in [2.24, 2.45) is 0 Å². The topological polar surface area (TPSA) is 96.9 Å². The van der Waals surface area contributed by atoms with E-state index in [1.54, 1.807) is 30.0 Å². The smallest absolute Gasteiger partial charge is 0.362 e. The van der Waals surface area contributed by atoms with E-state index < -0.39 is 22.5 Å². The monoisotopic (exact) mass is 656 g/mol. The quantitative estimate of drug-likeness (QED) is 0.280. The summed E-state index contributed by atoms with van der Waals surface area (Å²) >= 11 is 18.8. The number of phenolic OH excluding ortho intramolecular Hbond substituents is 1. The van der Waals surface area contributed by atoms with Crippen LogP contribution in [0.2, 0.25) is 10.0 Å². The van der Waals surface area contributed by atoms with E-state index in [2.05, 4.69) is 0 Å². The van der Waals surface area contributed by atoms with E-state index >= 15 is 0 Å². The maximum Gasteiger partial charge on any atom is 0.362 e. The van der Waals surface area contributed by atoms with Crippen LogP contribution in [0.4, 0.5) is 19.3 Å². The molecule has 1 aromatic heterocycles. The molecule has 14 heteroatoms. The number of aromatic nitrogens is 1. The number of alkyl halides is 3. The molecule has 1 saturated heterocycles. The number of amides is 3. The van der Waals surface area contributed by atoms with Crippen LogP contribution in [0.15, 0.2) is 44.9 Å². The third kappa shape index (κ3) is 5.67. The second-order valence-corrected chi connectivity index (χ2v) is 12.3. The number of rotatable bonds is 6. The first-order valence-corrected chi connectivity index (χ1v) is 14.9. The Morgan fingerprint density at radius 2 is 1.81 bits per heavy atom. The van der Waals surface area contributed by atoms with Crippen molar-refractivity contribution in [3.05, 3.63) is 78.7 Å². The van der Waals surface area contributed by atoms with Crippen LogP contribution in [0.3, 0.4) is 0 Å². The molecule has 0 bridgehead atoms. The van der Waals surface area contributed by atoms with Crippen molar-refractivity contribution in [2.45, 2.75) is 48.5 Å². The van der Waals surface area contributed by atoms with Crippen LogP contribution in [-0.2, 0) is 18.5 Å². The number of halogens is 5. The van der Waals surface area contributed by atoms with E-state index in [4.69, 9.17) is 34.8 Å². The molecule has 0 radical (unpaired) electrons. The summed E-state index contributed by atoms with van der Waals surface area (Å²) in [4.78, 5) is 46.6. The summed E-state index contributed by atoms with van der Waals surface area (Å²) in [5.41, 5.74) is -0.0438. The van der Waals surface area contributed by atoms with Gasteiger partial charge in [-0.3, -0.25) is 14.5 Å². The summed E-state index contributed by atoms with van der Waals surface area (Å²) in [6.45, 7) is 5.30. The molecular weight excluding hydrogens is 633 g/mol. The van der Waals surface area contributed by atoms with Gasteiger partial charge >= 0.3 is 11.4 Å². The highest BCUT2D eigenvalue weighted by molar-refractivity contribution is 7.99. The van der Waals surface area contributed by atoms with Crippen molar-refractivity contribution in [3.63, 3.8) is 0 Å². The molecule has 3 heterocycles. The molecule has 2 aromatic carbocycles. The molecule has 2 N–H and O–H groups in total. The largest absolute Gasteiger partial charge is 0.506 e. The lowest BCUT2D eigenvalue weighted by Gasteiger charge is -2.35. The maximum absolute atomic E-state index is 14.1. The number of pyridine rings is 1. The van der Waals surface area contributed by atoms with Crippen LogP contribution in [-0.4, -0.2) is 51.5 Å². The first-order chi connectivity index (χ1) is 19.8. The van der Waals surface area contributed by atoms with Gasteiger partial charge in [0, 0.05) is 42.5 Å². The second-order valence-electron chi connectivity index (χ2n) is 10.00. The minimum atomic E-state index is -3.91. The fourth-order valence-electron chi connectivity index (χ4n) is 5.05. The van der Waals surface area contributed by atoms with Gasteiger partial charge in [-0.25, -0.2) is 4.79 Å². The first-order valence-electron chi connectivity index (χ1n) is 13.0. The van der Waals surface area contributed by atoms with Crippen molar-refractivity contribution >= 4 is 64.2 Å². The summed E-state index contributed by atoms with van der Waals surface area (Å²) < 4.78 is 28.2. The molecule has 0 spiro atoms. The fraction of sp³-hybridized carbons (Fsp3) is 0.321. The highest BCUT2D eigenvalue weighted by Crippen LogP contribution is 2.43. The van der Waals surface area contributed by atoms with E-state index in [9.17, 15) is 28.3 Å². The Bertz CT molecular complexity index is 1660. The number of urea groups is 1. The molecule has 0 aliphatic carbocycles. The van der Waals surface area contributed by atoms with Crippen LogP contribution in [0.5, 0.6) is 5.75 Å². The number of aryl methyl sites for hydroxylation is 1. The predicted octanol–water partition coefficient (Wildman–Crippen LogP) is 6.94. The van der Waals surface area contributed by atoms with Gasteiger partial charge < -0.3 is 19.9 Å². The molecule has 5 rings (SSSR count). The molecule has 222 valence electrons. The van der Waals surface area contributed by atoms with Crippen molar-refractivity contribution < 1.29 is 23.5 Å². The number of H-pyrrole nitrogens is 1. The Morgan fingerprint density at radius 3 is 2.48 bits per heavy atom. The number of aromatic amines is 1. The van der Waals surface area contributed by atoms with Gasteiger partial charge in [0.15, 0.2) is 0 Å². The maximum atomic E-state index is 14.1. The summed E-state index contributed by atoms with van der Waals surface area (Å²) in [7, 11) is 0. The molecule has 8 nitrogen and oxygen atoms in total. The van der Waals surface area contributed by atoms with Gasteiger partial charge in [-0.1, -0.05) is 41.0 Å². The van der Waals surface area contributed by atoms with Gasteiger partial charge in [0.1, 0.15) is 17.0 Å². The van der Waals surface area contributed by atoms with Gasteiger partial charge in [0.25, 0.3) is 11.5 Å². The number of fused-ring (bicyclic) bond motifs is 1. The third-order valence-corrected chi connectivity index (χ3v) is 9.66. The Morgan fingerprint density at radius 1 is 1.12 bits per heavy atom. The molecule has 3 amide bonds. The Balaban J connectivity index is 1.51. The highest BCUT2D eigenvalue weighted by atomic mass is 35.5. The average molecular weight is 658 g/mol. The molecule has 0 atom stereocenters. The number of aromatic hydroxyl groups is 1. The Kier molecular flexibility index (Phi) is 8.41. The van der Waals surface area contributed by atoms with Gasteiger partial charge in [0.2, 0.25) is 0 Å². The normalized spacial score (nSPS) is 15.4. The van der Waals surface area contributed by atoms with Crippen molar-refractivity contribution in [1.82, 2.24) is 14.8 Å². The number of phenols is 1. The van der Waals surface area contributed by atoms with Crippen molar-refractivity contribution in [1.29, 1.82) is 0 Å². The molecule has 42 heavy (non-hydrogen) atoms. The Hall–Kier alpha value is -2.99. The van der Waals surface area contributed by atoms with E-state index in [0.717, 1.165) is 24.2 Å². The molecule has 3 aromatic rings. The molecule has 1 fully saturated rings. The summed E-state index contributed by atoms with van der Waals surface area (Å²) in [5, 5.41) is 7.34. The van der Waals surface area contributed by atoms with Crippen LogP contribution in [0.1, 0.15) is 46.1 Å².